The maximum Gasteiger partial charge on any atom is 0.0787 e. The third kappa shape index (κ3) is 2.27. The monoisotopic (exact) mass is 265 g/mol. The number of rotatable bonds is 3. The van der Waals surface area contributed by atoms with Crippen molar-refractivity contribution in [2.24, 2.45) is 0 Å². The van der Waals surface area contributed by atoms with Gasteiger partial charge in [-0.25, -0.2) is 4.68 Å². The third-order valence-corrected chi connectivity index (χ3v) is 2.77. The highest BCUT2D eigenvalue weighted by Gasteiger charge is 2.03. The van der Waals surface area contributed by atoms with Gasteiger partial charge in [0.15, 0.2) is 0 Å². The summed E-state index contributed by atoms with van der Waals surface area (Å²) in [6, 6.07) is 10.0. The van der Waals surface area contributed by atoms with Crippen LogP contribution < -0.4 is 5.32 Å². The van der Waals surface area contributed by atoms with Gasteiger partial charge in [0.05, 0.1) is 11.4 Å². The number of aromatic nitrogens is 2. The summed E-state index contributed by atoms with van der Waals surface area (Å²) in [5.41, 5.74) is 2.09. The summed E-state index contributed by atoms with van der Waals surface area (Å²) < 4.78 is 2.92. The second kappa shape index (κ2) is 4.59. The third-order valence-electron chi connectivity index (χ3n) is 2.10. The molecule has 15 heavy (non-hydrogen) atoms. The van der Waals surface area contributed by atoms with Gasteiger partial charge in [-0.05, 0) is 41.2 Å². The number of para-hydroxylation sites is 1. The first-order chi connectivity index (χ1) is 7.31. The summed E-state index contributed by atoms with van der Waals surface area (Å²) in [7, 11) is 1.91. The van der Waals surface area contributed by atoms with E-state index >= 15 is 0 Å². The highest BCUT2D eigenvalue weighted by atomic mass is 79.9. The quantitative estimate of drug-likeness (QED) is 0.924. The second-order valence-electron chi connectivity index (χ2n) is 3.23. The Balaban J connectivity index is 2.33. The predicted octanol–water partition coefficient (Wildman–Crippen LogP) is 2.35. The van der Waals surface area contributed by atoms with Gasteiger partial charge in [0, 0.05) is 17.2 Å². The summed E-state index contributed by atoms with van der Waals surface area (Å²) in [6.07, 6.45) is 1.97. The van der Waals surface area contributed by atoms with Crippen LogP contribution in [-0.2, 0) is 6.54 Å². The Hall–Kier alpha value is -1.13. The Bertz CT molecular complexity index is 451. The van der Waals surface area contributed by atoms with Crippen molar-refractivity contribution in [3.8, 4) is 5.69 Å². The van der Waals surface area contributed by atoms with Crippen LogP contribution in [0.4, 0.5) is 0 Å². The molecule has 0 atom stereocenters. The molecule has 0 aliphatic rings. The van der Waals surface area contributed by atoms with Crippen molar-refractivity contribution in [2.45, 2.75) is 6.54 Å². The van der Waals surface area contributed by atoms with E-state index in [0.717, 1.165) is 22.4 Å². The van der Waals surface area contributed by atoms with Gasteiger partial charge in [-0.15, -0.1) is 0 Å². The van der Waals surface area contributed by atoms with Gasteiger partial charge < -0.3 is 5.32 Å². The topological polar surface area (TPSA) is 29.9 Å². The van der Waals surface area contributed by atoms with E-state index in [4.69, 9.17) is 0 Å². The van der Waals surface area contributed by atoms with Crippen LogP contribution in [0.1, 0.15) is 5.69 Å². The van der Waals surface area contributed by atoms with Crippen LogP contribution in [0, 0.1) is 0 Å². The lowest BCUT2D eigenvalue weighted by atomic mass is 10.3. The molecule has 0 aliphatic heterocycles. The highest BCUT2D eigenvalue weighted by Crippen LogP contribution is 2.19. The molecule has 0 amide bonds. The molecule has 0 spiro atoms. The molecule has 2 rings (SSSR count). The fourth-order valence-electron chi connectivity index (χ4n) is 1.41. The molecule has 0 fully saturated rings. The van der Waals surface area contributed by atoms with Crippen molar-refractivity contribution >= 4 is 15.9 Å². The van der Waals surface area contributed by atoms with Crippen molar-refractivity contribution in [1.29, 1.82) is 0 Å². The molecule has 1 aromatic carbocycles. The van der Waals surface area contributed by atoms with E-state index in [1.807, 2.05) is 48.3 Å². The molecule has 1 heterocycles. The molecule has 0 unspecified atom stereocenters. The van der Waals surface area contributed by atoms with Gasteiger partial charge in [-0.2, -0.15) is 5.10 Å². The lowest BCUT2D eigenvalue weighted by Gasteiger charge is -2.03. The van der Waals surface area contributed by atoms with Crippen LogP contribution >= 0.6 is 15.9 Å². The molecule has 78 valence electrons. The van der Waals surface area contributed by atoms with Gasteiger partial charge in [0.2, 0.25) is 0 Å². The van der Waals surface area contributed by atoms with Crippen molar-refractivity contribution in [2.75, 3.05) is 7.05 Å². The number of nitrogens with zero attached hydrogens (tertiary/aromatic N) is 2. The van der Waals surface area contributed by atoms with Gasteiger partial charge >= 0.3 is 0 Å². The standard InChI is InChI=1S/C11H12BrN3/c1-13-8-9-6-7-15(14-9)11-5-3-2-4-10(11)12/h2-7,13H,8H2,1H3. The molecule has 0 saturated heterocycles. The van der Waals surface area contributed by atoms with Crippen molar-refractivity contribution < 1.29 is 0 Å². The first kappa shape index (κ1) is 10.4. The van der Waals surface area contributed by atoms with Crippen LogP contribution in [0.5, 0.6) is 0 Å². The maximum atomic E-state index is 4.46. The largest absolute Gasteiger partial charge is 0.314 e. The van der Waals surface area contributed by atoms with E-state index < -0.39 is 0 Å². The Labute approximate surface area is 97.2 Å². The van der Waals surface area contributed by atoms with E-state index in [2.05, 4.69) is 26.3 Å². The molecule has 0 radical (unpaired) electrons. The number of benzene rings is 1. The van der Waals surface area contributed by atoms with E-state index in [1.54, 1.807) is 0 Å². The minimum absolute atomic E-state index is 0.789. The summed E-state index contributed by atoms with van der Waals surface area (Å²) in [6.45, 7) is 0.789. The zero-order chi connectivity index (χ0) is 10.7. The Morgan fingerprint density at radius 3 is 2.87 bits per heavy atom. The van der Waals surface area contributed by atoms with E-state index in [0.29, 0.717) is 0 Å². The number of hydrogen-bond acceptors (Lipinski definition) is 2. The lowest BCUT2D eigenvalue weighted by Crippen LogP contribution is -2.06. The first-order valence-corrected chi connectivity index (χ1v) is 5.54. The molecule has 4 heteroatoms. The van der Waals surface area contributed by atoms with Crippen LogP contribution in [0.2, 0.25) is 0 Å². The maximum absolute atomic E-state index is 4.46. The second-order valence-corrected chi connectivity index (χ2v) is 4.09. The average Bonchev–Trinajstić information content (AvgIpc) is 2.68. The predicted molar refractivity (Wildman–Crippen MR) is 64.0 cm³/mol. The van der Waals surface area contributed by atoms with E-state index in [1.165, 1.54) is 0 Å². The molecule has 0 aliphatic carbocycles. The SMILES string of the molecule is CNCc1ccn(-c2ccccc2Br)n1. The van der Waals surface area contributed by atoms with Gasteiger partial charge in [-0.3, -0.25) is 0 Å². The smallest absolute Gasteiger partial charge is 0.0787 e. The van der Waals surface area contributed by atoms with Crippen molar-refractivity contribution in [1.82, 2.24) is 15.1 Å². The van der Waals surface area contributed by atoms with Crippen molar-refractivity contribution in [3.05, 3.63) is 46.7 Å². The summed E-state index contributed by atoms with van der Waals surface area (Å²) >= 11 is 3.50. The minimum Gasteiger partial charge on any atom is -0.314 e. The van der Waals surface area contributed by atoms with Gasteiger partial charge in [0.25, 0.3) is 0 Å². The normalized spacial score (nSPS) is 10.5. The Morgan fingerprint density at radius 2 is 2.13 bits per heavy atom. The van der Waals surface area contributed by atoms with Crippen LogP contribution in [-0.4, -0.2) is 16.8 Å². The van der Waals surface area contributed by atoms with Crippen LogP contribution in [0.15, 0.2) is 41.0 Å². The summed E-state index contributed by atoms with van der Waals surface area (Å²) in [5.74, 6) is 0. The molecular weight excluding hydrogens is 254 g/mol. The highest BCUT2D eigenvalue weighted by molar-refractivity contribution is 9.10. The molecule has 0 saturated carbocycles. The Morgan fingerprint density at radius 1 is 1.33 bits per heavy atom. The minimum atomic E-state index is 0.789. The van der Waals surface area contributed by atoms with Crippen LogP contribution in [0.25, 0.3) is 5.69 Å². The molecule has 3 nitrogen and oxygen atoms in total. The molecule has 2 aromatic rings. The number of halogens is 1. The number of hydrogen-bond donors (Lipinski definition) is 1. The fourth-order valence-corrected chi connectivity index (χ4v) is 1.88. The molecule has 1 aromatic heterocycles. The van der Waals surface area contributed by atoms with Crippen LogP contribution in [0.3, 0.4) is 0 Å². The molecule has 0 bridgehead atoms. The zero-order valence-electron chi connectivity index (χ0n) is 8.44. The average molecular weight is 266 g/mol. The van der Waals surface area contributed by atoms with E-state index in [9.17, 15) is 0 Å². The molecule has 1 N–H and O–H groups in total. The van der Waals surface area contributed by atoms with Crippen molar-refractivity contribution in [3.63, 3.8) is 0 Å². The van der Waals surface area contributed by atoms with Gasteiger partial charge in [0.1, 0.15) is 0 Å². The fraction of sp³-hybridized carbons (Fsp3) is 0.182. The lowest BCUT2D eigenvalue weighted by molar-refractivity contribution is 0.756. The summed E-state index contributed by atoms with van der Waals surface area (Å²) in [5, 5.41) is 7.53. The first-order valence-electron chi connectivity index (χ1n) is 4.75. The van der Waals surface area contributed by atoms with E-state index in [-0.39, 0.29) is 0 Å². The van der Waals surface area contributed by atoms with Gasteiger partial charge in [-0.1, -0.05) is 12.1 Å². The Kier molecular flexibility index (Phi) is 3.18. The molecular formula is C11H12BrN3. The number of nitrogens with one attached hydrogen (secondary N) is 1. The summed E-state index contributed by atoms with van der Waals surface area (Å²) in [4.78, 5) is 0. The zero-order valence-corrected chi connectivity index (χ0v) is 10.0.